The molecule has 0 spiro atoms. The SMILES string of the molecule is C=CC(C)F.CC.CCCC1CC(C)CN1C. The van der Waals surface area contributed by atoms with Crippen LogP contribution in [-0.4, -0.2) is 30.7 Å². The lowest BCUT2D eigenvalue weighted by molar-refractivity contribution is 0.293. The van der Waals surface area contributed by atoms with Crippen LogP contribution in [0.25, 0.3) is 0 Å². The summed E-state index contributed by atoms with van der Waals surface area (Å²) in [6.45, 7) is 14.6. The highest BCUT2D eigenvalue weighted by Crippen LogP contribution is 2.23. The number of likely N-dealkylation sites (tertiary alicyclic amines) is 1. The third-order valence-electron chi connectivity index (χ3n) is 2.84. The number of hydrogen-bond donors (Lipinski definition) is 0. The fourth-order valence-corrected chi connectivity index (χ4v) is 2.03. The summed E-state index contributed by atoms with van der Waals surface area (Å²) in [7, 11) is 2.25. The third-order valence-corrected chi connectivity index (χ3v) is 2.84. The average Bonchev–Trinajstić information content (AvgIpc) is 2.62. The van der Waals surface area contributed by atoms with Crippen molar-refractivity contribution in [3.8, 4) is 0 Å². The Bertz CT molecular complexity index is 168. The third kappa shape index (κ3) is 10.5. The lowest BCUT2D eigenvalue weighted by Crippen LogP contribution is -2.24. The molecule has 1 nitrogen and oxygen atoms in total. The molecule has 3 unspecified atom stereocenters. The van der Waals surface area contributed by atoms with Gasteiger partial charge in [-0.05, 0) is 32.7 Å². The number of allylic oxidation sites excluding steroid dienone is 1. The summed E-state index contributed by atoms with van der Waals surface area (Å²) in [6.07, 6.45) is 4.54. The summed E-state index contributed by atoms with van der Waals surface area (Å²) < 4.78 is 11.3. The molecule has 1 aliphatic rings. The summed E-state index contributed by atoms with van der Waals surface area (Å²) in [6, 6.07) is 0.889. The molecule has 1 fully saturated rings. The first-order valence-electron chi connectivity index (χ1n) is 6.98. The lowest BCUT2D eigenvalue weighted by atomic mass is 10.0. The maximum absolute atomic E-state index is 11.3. The Balaban J connectivity index is 0. The van der Waals surface area contributed by atoms with Crippen LogP contribution in [0.15, 0.2) is 12.7 Å². The van der Waals surface area contributed by atoms with E-state index in [0.717, 1.165) is 12.0 Å². The summed E-state index contributed by atoms with van der Waals surface area (Å²) in [4.78, 5) is 2.51. The molecule has 2 heteroatoms. The van der Waals surface area contributed by atoms with Crippen LogP contribution in [0.2, 0.25) is 0 Å². The Labute approximate surface area is 108 Å². The van der Waals surface area contributed by atoms with Crippen molar-refractivity contribution in [1.82, 2.24) is 4.90 Å². The van der Waals surface area contributed by atoms with Gasteiger partial charge in [0.2, 0.25) is 0 Å². The highest BCUT2D eigenvalue weighted by Gasteiger charge is 2.24. The second-order valence-corrected chi connectivity index (χ2v) is 4.64. The Hall–Kier alpha value is -0.370. The van der Waals surface area contributed by atoms with Gasteiger partial charge in [0.15, 0.2) is 0 Å². The molecule has 1 aliphatic heterocycles. The Morgan fingerprint density at radius 1 is 1.47 bits per heavy atom. The first-order valence-corrected chi connectivity index (χ1v) is 6.98. The predicted molar refractivity (Wildman–Crippen MR) is 77.2 cm³/mol. The van der Waals surface area contributed by atoms with Crippen molar-refractivity contribution < 1.29 is 4.39 Å². The van der Waals surface area contributed by atoms with Crippen LogP contribution in [-0.2, 0) is 0 Å². The van der Waals surface area contributed by atoms with Gasteiger partial charge < -0.3 is 4.90 Å². The van der Waals surface area contributed by atoms with Gasteiger partial charge in [0.1, 0.15) is 6.17 Å². The minimum absolute atomic E-state index is 0.852. The molecule has 1 rings (SSSR count). The molecular weight excluding hydrogens is 213 g/mol. The van der Waals surface area contributed by atoms with Gasteiger partial charge in [-0.3, -0.25) is 0 Å². The Kier molecular flexibility index (Phi) is 13.5. The van der Waals surface area contributed by atoms with Crippen molar-refractivity contribution in [3.05, 3.63) is 12.7 Å². The van der Waals surface area contributed by atoms with Crippen molar-refractivity contribution in [2.45, 2.75) is 66.1 Å². The van der Waals surface area contributed by atoms with E-state index in [4.69, 9.17) is 0 Å². The van der Waals surface area contributed by atoms with E-state index in [1.54, 1.807) is 0 Å². The number of alkyl halides is 1. The summed E-state index contributed by atoms with van der Waals surface area (Å²) in [5.74, 6) is 0.932. The molecule has 0 aromatic heterocycles. The van der Waals surface area contributed by atoms with Crippen molar-refractivity contribution >= 4 is 0 Å². The zero-order valence-corrected chi connectivity index (χ0v) is 12.7. The highest BCUT2D eigenvalue weighted by atomic mass is 19.1. The maximum Gasteiger partial charge on any atom is 0.115 e. The van der Waals surface area contributed by atoms with Gasteiger partial charge in [0.05, 0.1) is 0 Å². The van der Waals surface area contributed by atoms with E-state index in [1.165, 1.54) is 38.8 Å². The number of halogens is 1. The zero-order chi connectivity index (χ0) is 13.8. The molecule has 0 amide bonds. The van der Waals surface area contributed by atoms with Crippen LogP contribution >= 0.6 is 0 Å². The number of nitrogens with zero attached hydrogens (tertiary/aromatic N) is 1. The van der Waals surface area contributed by atoms with E-state index >= 15 is 0 Å². The second-order valence-electron chi connectivity index (χ2n) is 4.64. The summed E-state index contributed by atoms with van der Waals surface area (Å²) in [5.41, 5.74) is 0. The molecule has 1 saturated heterocycles. The van der Waals surface area contributed by atoms with E-state index in [9.17, 15) is 4.39 Å². The zero-order valence-electron chi connectivity index (χ0n) is 12.7. The van der Waals surface area contributed by atoms with Crippen LogP contribution < -0.4 is 0 Å². The van der Waals surface area contributed by atoms with Crippen LogP contribution in [0.1, 0.15) is 53.9 Å². The second kappa shape index (κ2) is 12.1. The van der Waals surface area contributed by atoms with Crippen molar-refractivity contribution in [2.75, 3.05) is 13.6 Å². The van der Waals surface area contributed by atoms with E-state index < -0.39 is 6.17 Å². The fraction of sp³-hybridized carbons (Fsp3) is 0.867. The molecule has 104 valence electrons. The van der Waals surface area contributed by atoms with Gasteiger partial charge in [-0.2, -0.15) is 0 Å². The van der Waals surface area contributed by atoms with Crippen LogP contribution in [0, 0.1) is 5.92 Å². The largest absolute Gasteiger partial charge is 0.303 e. The quantitative estimate of drug-likeness (QED) is 0.652. The van der Waals surface area contributed by atoms with E-state index in [2.05, 4.69) is 32.4 Å². The maximum atomic E-state index is 11.3. The molecule has 0 aromatic carbocycles. The van der Waals surface area contributed by atoms with Gasteiger partial charge >= 0.3 is 0 Å². The summed E-state index contributed by atoms with van der Waals surface area (Å²) >= 11 is 0. The first-order chi connectivity index (χ1) is 8.01. The first kappa shape index (κ1) is 19.0. The average molecular weight is 245 g/mol. The standard InChI is InChI=1S/C9H19N.C4H7F.C2H6/c1-4-5-9-6-8(2)7-10(9)3;1-3-4(2)5;1-2/h8-9H,4-7H2,1-3H3;3-4H,1H2,2H3;1-2H3. The molecule has 0 aliphatic carbocycles. The van der Waals surface area contributed by atoms with E-state index in [-0.39, 0.29) is 0 Å². The van der Waals surface area contributed by atoms with E-state index in [1.807, 2.05) is 13.8 Å². The molecule has 0 radical (unpaired) electrons. The molecule has 0 aromatic rings. The summed E-state index contributed by atoms with van der Waals surface area (Å²) in [5, 5.41) is 0. The predicted octanol–water partition coefficient (Wildman–Crippen LogP) is 4.68. The van der Waals surface area contributed by atoms with Gasteiger partial charge in [-0.25, -0.2) is 4.39 Å². The monoisotopic (exact) mass is 245 g/mol. The van der Waals surface area contributed by atoms with Crippen molar-refractivity contribution in [3.63, 3.8) is 0 Å². The fourth-order valence-electron chi connectivity index (χ4n) is 2.03. The van der Waals surface area contributed by atoms with Gasteiger partial charge in [-0.15, -0.1) is 6.58 Å². The van der Waals surface area contributed by atoms with Crippen LogP contribution in [0.4, 0.5) is 4.39 Å². The van der Waals surface area contributed by atoms with Crippen LogP contribution in [0.5, 0.6) is 0 Å². The van der Waals surface area contributed by atoms with Crippen LogP contribution in [0.3, 0.4) is 0 Å². The minimum atomic E-state index is -0.852. The number of rotatable bonds is 3. The molecule has 0 saturated carbocycles. The smallest absolute Gasteiger partial charge is 0.115 e. The van der Waals surface area contributed by atoms with Gasteiger partial charge in [0.25, 0.3) is 0 Å². The van der Waals surface area contributed by atoms with Gasteiger partial charge in [0, 0.05) is 12.6 Å². The minimum Gasteiger partial charge on any atom is -0.303 e. The molecule has 1 heterocycles. The number of hydrogen-bond acceptors (Lipinski definition) is 1. The Morgan fingerprint density at radius 2 is 1.94 bits per heavy atom. The highest BCUT2D eigenvalue weighted by molar-refractivity contribution is 4.80. The molecule has 0 bridgehead atoms. The molecule has 0 N–H and O–H groups in total. The molecule has 17 heavy (non-hydrogen) atoms. The van der Waals surface area contributed by atoms with Crippen molar-refractivity contribution in [1.29, 1.82) is 0 Å². The Morgan fingerprint density at radius 3 is 2.18 bits per heavy atom. The lowest BCUT2D eigenvalue weighted by Gasteiger charge is -2.17. The van der Waals surface area contributed by atoms with Gasteiger partial charge in [-0.1, -0.05) is 40.2 Å². The normalized spacial score (nSPS) is 25.1. The van der Waals surface area contributed by atoms with Crippen molar-refractivity contribution in [2.24, 2.45) is 5.92 Å². The molecule has 3 atom stereocenters. The van der Waals surface area contributed by atoms with E-state index in [0.29, 0.717) is 0 Å². The molecular formula is C15H32FN. The topological polar surface area (TPSA) is 3.24 Å².